The average Bonchev–Trinajstić information content (AvgIpc) is 1.78. The molecule has 2 fully saturated rings. The molecule has 0 aromatic heterocycles. The molecular formula is C66H94N20O13S2. The van der Waals surface area contributed by atoms with E-state index < -0.39 is 125 Å². The van der Waals surface area contributed by atoms with Crippen molar-refractivity contribution in [2.45, 2.75) is 150 Å². The second kappa shape index (κ2) is 40.8. The van der Waals surface area contributed by atoms with Crippen molar-refractivity contribution in [3.8, 4) is 11.5 Å². The third kappa shape index (κ3) is 26.8. The van der Waals surface area contributed by atoms with Crippen LogP contribution in [0.2, 0.25) is 0 Å². The fourth-order valence-corrected chi connectivity index (χ4v) is 13.5. The fraction of sp³-hybridized carbons (Fsp3) is 0.470. The molecule has 4 aromatic rings. The number of aliphatic imine (C=N–C) groups is 3. The number of aliphatic carboxylic acids is 1. The monoisotopic (exact) mass is 1440 g/mol. The Labute approximate surface area is 591 Å². The summed E-state index contributed by atoms with van der Waals surface area (Å²) in [6, 6.07) is 10.4. The molecule has 27 N–H and O–H groups in total. The lowest BCUT2D eigenvalue weighted by Gasteiger charge is -2.31. The van der Waals surface area contributed by atoms with Gasteiger partial charge in [0.2, 0.25) is 53.2 Å². The number of guanidine groups is 3. The van der Waals surface area contributed by atoms with Gasteiger partial charge in [-0.3, -0.25) is 58.1 Å². The first kappa shape index (κ1) is 79.9. The Kier molecular flexibility index (Phi) is 32.3. The van der Waals surface area contributed by atoms with Gasteiger partial charge in [-0.2, -0.15) is 0 Å². The summed E-state index contributed by atoms with van der Waals surface area (Å²) in [5.41, 5.74) is 47.5. The number of aromatic hydroxyl groups is 2. The van der Waals surface area contributed by atoms with Gasteiger partial charge in [-0.25, -0.2) is 4.79 Å². The van der Waals surface area contributed by atoms with Crippen LogP contribution < -0.4 is 88.4 Å². The second-order valence-corrected chi connectivity index (χ2v) is 27.0. The van der Waals surface area contributed by atoms with Crippen LogP contribution in [0.4, 0.5) is 0 Å². The van der Waals surface area contributed by atoms with Crippen LogP contribution in [0.3, 0.4) is 0 Å². The Morgan fingerprint density at radius 1 is 0.564 bits per heavy atom. The van der Waals surface area contributed by atoms with Crippen LogP contribution in [0.1, 0.15) is 87.3 Å². The molecule has 0 radical (unpaired) electrons. The number of carboxylic acids is 1. The Bertz CT molecular complexity index is 3580. The number of carbonyl (C=O) groups is 10. The van der Waals surface area contributed by atoms with Crippen LogP contribution in [0, 0.1) is 0 Å². The van der Waals surface area contributed by atoms with Gasteiger partial charge in [0.1, 0.15) is 65.9 Å². The molecule has 0 saturated carbocycles. The first-order valence-corrected chi connectivity index (χ1v) is 35.6. The van der Waals surface area contributed by atoms with Crippen molar-refractivity contribution in [2.24, 2.45) is 60.8 Å². The molecule has 0 bridgehead atoms. The number of benzene rings is 4. The van der Waals surface area contributed by atoms with E-state index in [2.05, 4.69) is 57.5 Å². The predicted molar refractivity (Wildman–Crippen MR) is 385 cm³/mol. The predicted octanol–water partition coefficient (Wildman–Crippen LogP) is -2.76. The maximum absolute atomic E-state index is 15.2. The van der Waals surface area contributed by atoms with Crippen molar-refractivity contribution in [2.75, 3.05) is 44.2 Å². The highest BCUT2D eigenvalue weighted by Gasteiger charge is 2.41. The van der Waals surface area contributed by atoms with Crippen molar-refractivity contribution in [3.05, 3.63) is 108 Å². The summed E-state index contributed by atoms with van der Waals surface area (Å²) in [6.45, 7) is 0.278. The molecule has 4 aromatic carbocycles. The minimum Gasteiger partial charge on any atom is -0.508 e. The van der Waals surface area contributed by atoms with E-state index in [0.717, 1.165) is 37.9 Å². The lowest BCUT2D eigenvalue weighted by molar-refractivity contribution is -0.143. The largest absolute Gasteiger partial charge is 0.508 e. The van der Waals surface area contributed by atoms with Gasteiger partial charge in [-0.1, -0.05) is 88.3 Å². The minimum atomic E-state index is -1.65. The molecule has 6 rings (SSSR count). The summed E-state index contributed by atoms with van der Waals surface area (Å²) in [6.07, 6.45) is 0.698. The van der Waals surface area contributed by atoms with E-state index in [1.54, 1.807) is 0 Å². The zero-order valence-corrected chi connectivity index (χ0v) is 57.6. The third-order valence-corrected chi connectivity index (χ3v) is 19.0. The summed E-state index contributed by atoms with van der Waals surface area (Å²) in [4.78, 5) is 159. The van der Waals surface area contributed by atoms with Crippen LogP contribution in [-0.4, -0.2) is 202 Å². The maximum Gasteiger partial charge on any atom is 0.326 e. The number of hydrogen-bond donors (Lipinski definition) is 19. The lowest BCUT2D eigenvalue weighted by atomic mass is 10.0. The Hall–Kier alpha value is -10.1. The molecule has 2 aliphatic heterocycles. The van der Waals surface area contributed by atoms with E-state index in [0.29, 0.717) is 30.4 Å². The number of unbranched alkanes of at least 4 members (excludes halogenated alkanes) is 1. The van der Waals surface area contributed by atoms with Crippen molar-refractivity contribution < 1.29 is 63.3 Å². The van der Waals surface area contributed by atoms with Crippen LogP contribution >= 0.6 is 21.6 Å². The van der Waals surface area contributed by atoms with E-state index >= 15 is 14.4 Å². The molecule has 2 aliphatic rings. The Morgan fingerprint density at radius 2 is 1.07 bits per heavy atom. The number of amides is 9. The fourth-order valence-electron chi connectivity index (χ4n) is 11.2. The molecule has 101 heavy (non-hydrogen) atoms. The zero-order chi connectivity index (χ0) is 73.5. The van der Waals surface area contributed by atoms with Gasteiger partial charge in [0.05, 0.1) is 6.04 Å². The topological polar surface area (TPSA) is 576 Å². The number of phenolic OH excluding ortho intramolecular Hbond substituents is 2. The molecule has 35 heteroatoms. The molecule has 0 unspecified atom stereocenters. The van der Waals surface area contributed by atoms with Gasteiger partial charge in [-0.15, -0.1) is 0 Å². The summed E-state index contributed by atoms with van der Waals surface area (Å²) >= 11 is 0. The number of nitrogens with zero attached hydrogens (tertiary/aromatic N) is 4. The van der Waals surface area contributed by atoms with Crippen LogP contribution in [0.25, 0.3) is 10.8 Å². The van der Waals surface area contributed by atoms with Crippen molar-refractivity contribution >= 4 is 109 Å². The average molecular weight is 1440 g/mol. The molecular weight excluding hydrogens is 1340 g/mol. The number of hydrogen-bond acceptors (Lipinski definition) is 19. The van der Waals surface area contributed by atoms with Crippen molar-refractivity contribution in [1.82, 2.24) is 47.4 Å². The minimum absolute atomic E-state index is 0.00832. The first-order chi connectivity index (χ1) is 48.3. The highest BCUT2D eigenvalue weighted by molar-refractivity contribution is 8.76. The number of phenols is 2. The maximum atomic E-state index is 15.2. The van der Waals surface area contributed by atoms with Gasteiger partial charge in [-0.05, 0) is 135 Å². The molecule has 0 aliphatic carbocycles. The number of carbonyl (C=O) groups excluding carboxylic acids is 9. The van der Waals surface area contributed by atoms with Crippen LogP contribution in [0.15, 0.2) is 106 Å². The highest BCUT2D eigenvalue weighted by atomic mass is 33.1. The second-order valence-electron chi connectivity index (χ2n) is 24.5. The van der Waals surface area contributed by atoms with Crippen molar-refractivity contribution in [1.29, 1.82) is 0 Å². The summed E-state index contributed by atoms with van der Waals surface area (Å²) in [7, 11) is 1.78. The van der Waals surface area contributed by atoms with E-state index in [9.17, 15) is 48.9 Å². The smallest absolute Gasteiger partial charge is 0.326 e. The van der Waals surface area contributed by atoms with Gasteiger partial charge in [0, 0.05) is 50.5 Å². The van der Waals surface area contributed by atoms with Crippen molar-refractivity contribution in [3.63, 3.8) is 0 Å². The molecule has 2 heterocycles. The van der Waals surface area contributed by atoms with E-state index in [4.69, 9.17) is 45.9 Å². The van der Waals surface area contributed by atoms with E-state index in [1.165, 1.54) is 53.4 Å². The van der Waals surface area contributed by atoms with Gasteiger partial charge < -0.3 is 109 Å². The lowest BCUT2D eigenvalue weighted by Crippen LogP contribution is -2.61. The third-order valence-electron chi connectivity index (χ3n) is 16.6. The van der Waals surface area contributed by atoms with Crippen LogP contribution in [0.5, 0.6) is 11.5 Å². The Morgan fingerprint density at radius 3 is 1.63 bits per heavy atom. The summed E-state index contributed by atoms with van der Waals surface area (Å²) in [5.74, 6) is -10.9. The quantitative estimate of drug-likeness (QED) is 0.0105. The number of nitrogens with one attached hydrogen (secondary N) is 8. The molecule has 33 nitrogen and oxygen atoms in total. The highest BCUT2D eigenvalue weighted by Crippen LogP contribution is 2.26. The van der Waals surface area contributed by atoms with Gasteiger partial charge in [0.15, 0.2) is 17.9 Å². The number of rotatable bonds is 31. The first-order valence-electron chi connectivity index (χ1n) is 33.1. The molecule has 0 spiro atoms. The molecule has 548 valence electrons. The zero-order valence-electron chi connectivity index (χ0n) is 55.9. The van der Waals surface area contributed by atoms with Gasteiger partial charge >= 0.3 is 5.97 Å². The number of fused-ring (bicyclic) bond motifs is 2. The van der Waals surface area contributed by atoms with Crippen LogP contribution in [-0.2, 0) is 67.2 Å². The Balaban J connectivity index is 1.40. The standard InChI is InChI=1S/C66H94N20O13S2/c67-26-4-3-11-47-62(97)86-30-8-15-53(86)61(96)83-50(34-38-19-24-43(88)25-20-38)58(93)85-51(59(94)81-48(63(98)99)14-7-29-77-66(73)74)35-100-101-36-52(60(95)82-49(57(92)80-47)33-37-17-22-42(87)23-18-37)84-56(91)46(13-6-28-76-65(71)72)79-55(90)45(12-5-27-75-64(69)70)78-54(89)44(68)32-39-16-21-40-9-1-2-10-41(40)31-39/h1-2,9-10,16-25,31,44-53,87-88H,3-8,11-15,26-30,32-36,67-68H2,(H,78,89)(H,79,90)(H,80,92)(H,81,94)(H,82,95)(H,83,96)(H,84,91)(H,85,93)(H,98,99)(H4,69,70,75)(H4,71,72,76)(H4,73,74,77)/t44-,45-,46-,47+,48-,49-,50-,51-,52-,53-/m0/s1. The normalized spacial score (nSPS) is 19.7. The number of carboxylic acid groups (broad SMARTS) is 1. The van der Waals surface area contributed by atoms with E-state index in [1.807, 2.05) is 42.5 Å². The summed E-state index contributed by atoms with van der Waals surface area (Å²) in [5, 5.41) is 54.3. The van der Waals surface area contributed by atoms with Gasteiger partial charge in [0.25, 0.3) is 0 Å². The van der Waals surface area contributed by atoms with E-state index in [-0.39, 0.29) is 138 Å². The number of nitrogens with two attached hydrogens (primary N) is 8. The molecule has 10 atom stereocenters. The summed E-state index contributed by atoms with van der Waals surface area (Å²) < 4.78 is 0. The molecule has 9 amide bonds. The SMILES string of the molecule is NCCCC[C@H]1NC(=O)[C@H](Cc2ccc(O)cc2)NC(=O)[C@@H](NC(=O)[C@H](CCCN=C(N)N)NC(=O)[C@H](CCCN=C(N)N)NC(=O)[C@@H](N)Cc2ccc3ccccc3c2)CSSC[C@@H](C(=O)N[C@@H](CCCN=C(N)N)C(=O)O)NC(=O)[C@H](Cc2ccc(O)cc2)NC(=O)[C@@H]2CCCN2C1=O. The molecule has 2 saturated heterocycles.